The summed E-state index contributed by atoms with van der Waals surface area (Å²) in [6.45, 7) is 2.37. The second-order valence-electron chi connectivity index (χ2n) is 10.3. The third-order valence-corrected chi connectivity index (χ3v) is 9.89. The van der Waals surface area contributed by atoms with Crippen LogP contribution in [0.15, 0.2) is 16.8 Å². The first-order valence-electron chi connectivity index (χ1n) is 11.3. The summed E-state index contributed by atoms with van der Waals surface area (Å²) in [6.07, 6.45) is 13.4. The van der Waals surface area contributed by atoms with Gasteiger partial charge in [0.05, 0.1) is 5.71 Å². The first-order chi connectivity index (χ1) is 13.1. The second-order valence-corrected chi connectivity index (χ2v) is 10.3. The van der Waals surface area contributed by atoms with E-state index in [1.54, 1.807) is 5.57 Å². The Morgan fingerprint density at radius 2 is 2.04 bits per heavy atom. The van der Waals surface area contributed by atoms with E-state index >= 15 is 0 Å². The lowest BCUT2D eigenvalue weighted by atomic mass is 9.47. The van der Waals surface area contributed by atoms with Gasteiger partial charge in [0.2, 0.25) is 0 Å². The molecule has 1 aliphatic heterocycles. The Morgan fingerprint density at radius 1 is 1.15 bits per heavy atom. The van der Waals surface area contributed by atoms with Gasteiger partial charge in [0.25, 0.3) is 0 Å². The van der Waals surface area contributed by atoms with E-state index in [1.165, 1.54) is 38.5 Å². The fourth-order valence-corrected chi connectivity index (χ4v) is 9.07. The van der Waals surface area contributed by atoms with Gasteiger partial charge in [-0.05, 0) is 93.5 Å². The van der Waals surface area contributed by atoms with Crippen LogP contribution < -0.4 is 0 Å². The number of ether oxygens (including phenoxy) is 1. The molecule has 6 rings (SSSR count). The van der Waals surface area contributed by atoms with E-state index in [-0.39, 0.29) is 17.0 Å². The first kappa shape index (κ1) is 16.6. The summed E-state index contributed by atoms with van der Waals surface area (Å²) in [4.78, 5) is 12.2. The number of oxime groups is 1. The normalized spacial score (nSPS) is 54.0. The first-order valence-corrected chi connectivity index (χ1v) is 11.3. The Bertz CT molecular complexity index is 757. The van der Waals surface area contributed by atoms with E-state index in [0.717, 1.165) is 48.6 Å². The van der Waals surface area contributed by atoms with Crippen LogP contribution in [0, 0.1) is 40.9 Å². The summed E-state index contributed by atoms with van der Waals surface area (Å²) in [7, 11) is 0. The number of allylic oxidation sites excluding steroid dienone is 2. The summed E-state index contributed by atoms with van der Waals surface area (Å²) in [5, 5.41) is 12.7. The van der Waals surface area contributed by atoms with E-state index in [1.807, 2.05) is 0 Å². The molecule has 27 heavy (non-hydrogen) atoms. The molecule has 0 aromatic rings. The van der Waals surface area contributed by atoms with Gasteiger partial charge in [-0.1, -0.05) is 17.7 Å². The molecule has 0 aromatic heterocycles. The van der Waals surface area contributed by atoms with Gasteiger partial charge in [-0.3, -0.25) is 4.79 Å². The third kappa shape index (κ3) is 1.90. The minimum Gasteiger partial charge on any atom is -0.458 e. The van der Waals surface area contributed by atoms with E-state index in [2.05, 4.69) is 18.2 Å². The zero-order valence-electron chi connectivity index (χ0n) is 16.3. The molecule has 1 N–H and O–H groups in total. The lowest BCUT2D eigenvalue weighted by Crippen LogP contribution is -2.56. The quantitative estimate of drug-likeness (QED) is 0.414. The highest BCUT2D eigenvalue weighted by Gasteiger charge is 2.79. The molecule has 5 aliphatic carbocycles. The predicted octanol–water partition coefficient (Wildman–Crippen LogP) is 4.71. The standard InChI is InChI=1S/C23H31NO3/c1-2-22-9-7-16-15-6-4-14(24-26)11-13(15)3-5-17(16)21(22)18-12-19(18)23(22)10-8-20(25)27-23/h11,15-19,21,26H,2-10,12H2,1H3/b24-14+/t15-,16?,17?,18-,19+,21?,22-,23-/m0/s1. The number of carbonyl (C=O) groups is 1. The molecule has 6 aliphatic rings. The van der Waals surface area contributed by atoms with Crippen molar-refractivity contribution >= 4 is 11.7 Å². The average molecular weight is 370 g/mol. The van der Waals surface area contributed by atoms with Crippen LogP contribution in [-0.2, 0) is 9.53 Å². The van der Waals surface area contributed by atoms with Crippen molar-refractivity contribution in [1.29, 1.82) is 0 Å². The highest BCUT2D eigenvalue weighted by atomic mass is 16.6. The highest BCUT2D eigenvalue weighted by molar-refractivity contribution is 5.96. The molecular weight excluding hydrogens is 338 g/mol. The van der Waals surface area contributed by atoms with Gasteiger partial charge in [-0.2, -0.15) is 0 Å². The molecule has 0 bridgehead atoms. The molecule has 0 aromatic carbocycles. The highest BCUT2D eigenvalue weighted by Crippen LogP contribution is 2.79. The van der Waals surface area contributed by atoms with Crippen LogP contribution in [0.25, 0.3) is 0 Å². The number of rotatable bonds is 1. The van der Waals surface area contributed by atoms with Crippen LogP contribution in [0.1, 0.15) is 71.1 Å². The predicted molar refractivity (Wildman–Crippen MR) is 101 cm³/mol. The number of nitrogens with zero attached hydrogens (tertiary/aromatic N) is 1. The summed E-state index contributed by atoms with van der Waals surface area (Å²) in [5.41, 5.74) is 2.56. The lowest BCUT2D eigenvalue weighted by Gasteiger charge is -2.58. The molecule has 1 saturated heterocycles. The maximum atomic E-state index is 12.2. The molecule has 4 nitrogen and oxygen atoms in total. The zero-order valence-corrected chi connectivity index (χ0v) is 16.3. The molecule has 0 amide bonds. The van der Waals surface area contributed by atoms with E-state index < -0.39 is 0 Å². The average Bonchev–Trinajstić information content (AvgIpc) is 3.34. The Morgan fingerprint density at radius 3 is 2.78 bits per heavy atom. The number of hydrogen-bond acceptors (Lipinski definition) is 4. The SMILES string of the molecule is CC[C@]12CCC3C(CCC4=C/C(=N/O)CC[C@@H]43)C1[C@H]1C[C@H]1[C@@]21CCC(=O)O1. The Kier molecular flexibility index (Phi) is 3.32. The minimum atomic E-state index is -0.113. The van der Waals surface area contributed by atoms with Crippen molar-refractivity contribution in [3.63, 3.8) is 0 Å². The molecule has 4 heteroatoms. The second kappa shape index (κ2) is 5.39. The van der Waals surface area contributed by atoms with Crippen LogP contribution in [0.2, 0.25) is 0 Å². The topological polar surface area (TPSA) is 58.9 Å². The monoisotopic (exact) mass is 369 g/mol. The summed E-state index contributed by atoms with van der Waals surface area (Å²) in [6, 6.07) is 0. The Hall–Kier alpha value is -1.32. The Balaban J connectivity index is 1.37. The number of fused-ring (bicyclic) bond motifs is 9. The summed E-state index contributed by atoms with van der Waals surface area (Å²) in [5.74, 6) is 4.60. The number of hydrogen-bond donors (Lipinski definition) is 1. The van der Waals surface area contributed by atoms with Gasteiger partial charge in [0, 0.05) is 17.8 Å². The van der Waals surface area contributed by atoms with Crippen LogP contribution >= 0.6 is 0 Å². The molecule has 8 atom stereocenters. The molecule has 1 heterocycles. The smallest absolute Gasteiger partial charge is 0.306 e. The van der Waals surface area contributed by atoms with Crippen molar-refractivity contribution in [2.45, 2.75) is 76.7 Å². The van der Waals surface area contributed by atoms with E-state index in [4.69, 9.17) is 4.74 Å². The zero-order chi connectivity index (χ0) is 18.4. The largest absolute Gasteiger partial charge is 0.458 e. The van der Waals surface area contributed by atoms with Gasteiger partial charge in [-0.25, -0.2) is 0 Å². The summed E-state index contributed by atoms with van der Waals surface area (Å²) < 4.78 is 6.25. The van der Waals surface area contributed by atoms with Gasteiger partial charge in [-0.15, -0.1) is 0 Å². The number of carbonyl (C=O) groups excluding carboxylic acids is 1. The van der Waals surface area contributed by atoms with Crippen LogP contribution in [0.4, 0.5) is 0 Å². The molecule has 146 valence electrons. The van der Waals surface area contributed by atoms with Gasteiger partial charge < -0.3 is 9.94 Å². The van der Waals surface area contributed by atoms with Crippen molar-refractivity contribution in [3.05, 3.63) is 11.6 Å². The van der Waals surface area contributed by atoms with Crippen LogP contribution in [0.3, 0.4) is 0 Å². The van der Waals surface area contributed by atoms with Crippen molar-refractivity contribution in [3.8, 4) is 0 Å². The molecule has 1 spiro atoms. The maximum absolute atomic E-state index is 12.2. The van der Waals surface area contributed by atoms with Gasteiger partial charge >= 0.3 is 5.97 Å². The fourth-order valence-electron chi connectivity index (χ4n) is 9.07. The van der Waals surface area contributed by atoms with Gasteiger partial charge in [0.1, 0.15) is 5.60 Å². The van der Waals surface area contributed by atoms with Crippen molar-refractivity contribution in [2.75, 3.05) is 0 Å². The van der Waals surface area contributed by atoms with Crippen LogP contribution in [-0.4, -0.2) is 22.5 Å². The fraction of sp³-hybridized carbons (Fsp3) is 0.826. The van der Waals surface area contributed by atoms with Crippen molar-refractivity contribution < 1.29 is 14.7 Å². The van der Waals surface area contributed by atoms with Gasteiger partial charge in [0.15, 0.2) is 0 Å². The lowest BCUT2D eigenvalue weighted by molar-refractivity contribution is -0.179. The summed E-state index contributed by atoms with van der Waals surface area (Å²) >= 11 is 0. The van der Waals surface area contributed by atoms with E-state index in [9.17, 15) is 10.0 Å². The molecule has 5 fully saturated rings. The minimum absolute atomic E-state index is 0.0632. The van der Waals surface area contributed by atoms with E-state index in [0.29, 0.717) is 18.3 Å². The molecule has 4 saturated carbocycles. The van der Waals surface area contributed by atoms with Crippen molar-refractivity contribution in [1.82, 2.24) is 0 Å². The molecule has 3 unspecified atom stereocenters. The third-order valence-electron chi connectivity index (χ3n) is 9.89. The Labute approximate surface area is 161 Å². The molecular formula is C23H31NO3. The maximum Gasteiger partial charge on any atom is 0.306 e. The van der Waals surface area contributed by atoms with Crippen molar-refractivity contribution in [2.24, 2.45) is 46.1 Å². The molecule has 0 radical (unpaired) electrons. The van der Waals surface area contributed by atoms with Crippen LogP contribution in [0.5, 0.6) is 0 Å². The number of esters is 1.